The molecule has 1 aliphatic rings. The molecule has 0 radical (unpaired) electrons. The first-order valence-electron chi connectivity index (χ1n) is 7.87. The molecule has 0 saturated carbocycles. The van der Waals surface area contributed by atoms with E-state index in [0.29, 0.717) is 43.7 Å². The fraction of sp³-hybridized carbons (Fsp3) is 0.500. The van der Waals surface area contributed by atoms with E-state index in [4.69, 9.17) is 4.52 Å². The van der Waals surface area contributed by atoms with Gasteiger partial charge in [-0.1, -0.05) is 19.0 Å². The maximum Gasteiger partial charge on any atom is 0.249 e. The van der Waals surface area contributed by atoms with E-state index in [-0.39, 0.29) is 11.9 Å². The van der Waals surface area contributed by atoms with E-state index in [1.165, 1.54) is 0 Å². The van der Waals surface area contributed by atoms with Crippen LogP contribution < -0.4 is 5.32 Å². The molecule has 7 nitrogen and oxygen atoms in total. The average Bonchev–Trinajstić information content (AvgIpc) is 3.14. The van der Waals surface area contributed by atoms with Crippen molar-refractivity contribution >= 4 is 5.91 Å². The van der Waals surface area contributed by atoms with Gasteiger partial charge in [-0.25, -0.2) is 0 Å². The summed E-state index contributed by atoms with van der Waals surface area (Å²) in [5, 5.41) is 7.26. The van der Waals surface area contributed by atoms with Crippen LogP contribution in [0.4, 0.5) is 0 Å². The van der Waals surface area contributed by atoms with Gasteiger partial charge in [0.25, 0.3) is 0 Å². The van der Waals surface area contributed by atoms with Gasteiger partial charge in [-0.15, -0.1) is 0 Å². The normalized spacial score (nSPS) is 18.1. The molecule has 3 heterocycles. The topological polar surface area (TPSA) is 84.2 Å². The van der Waals surface area contributed by atoms with Crippen LogP contribution in [0.3, 0.4) is 0 Å². The predicted octanol–water partition coefficient (Wildman–Crippen LogP) is 1.83. The summed E-state index contributed by atoms with van der Waals surface area (Å²) in [7, 11) is 0. The largest absolute Gasteiger partial charge is 0.337 e. The molecule has 0 aromatic carbocycles. The molecule has 3 rings (SSSR count). The second-order valence-corrected chi connectivity index (χ2v) is 6.02. The standard InChI is InChI=1S/C16H21N5O2/c1-11(2)18-9-14-19-16(23-20-14)13-3-4-15(22)21(13)10-12-5-7-17-8-6-12/h5-8,11,13,18H,3-4,9-10H2,1-2H3/t13-/m0/s1. The fourth-order valence-electron chi connectivity index (χ4n) is 2.64. The van der Waals surface area contributed by atoms with Crippen LogP contribution in [0.15, 0.2) is 29.0 Å². The second kappa shape index (κ2) is 6.87. The number of hydrogen-bond donors (Lipinski definition) is 1. The Morgan fingerprint density at radius 2 is 2.17 bits per heavy atom. The lowest BCUT2D eigenvalue weighted by molar-refractivity contribution is -0.129. The number of likely N-dealkylation sites (tertiary alicyclic amines) is 1. The summed E-state index contributed by atoms with van der Waals surface area (Å²) >= 11 is 0. The Kier molecular flexibility index (Phi) is 4.66. The molecule has 1 fully saturated rings. The van der Waals surface area contributed by atoms with E-state index >= 15 is 0 Å². The lowest BCUT2D eigenvalue weighted by Crippen LogP contribution is -2.27. The Morgan fingerprint density at radius 1 is 1.39 bits per heavy atom. The number of amides is 1. The summed E-state index contributed by atoms with van der Waals surface area (Å²) in [6, 6.07) is 4.03. The van der Waals surface area contributed by atoms with Gasteiger partial charge in [0.05, 0.1) is 6.54 Å². The van der Waals surface area contributed by atoms with Crippen molar-refractivity contribution in [1.82, 2.24) is 25.3 Å². The molecule has 0 spiro atoms. The van der Waals surface area contributed by atoms with Gasteiger partial charge in [-0.3, -0.25) is 9.78 Å². The van der Waals surface area contributed by atoms with Crippen LogP contribution in [-0.4, -0.2) is 32.0 Å². The van der Waals surface area contributed by atoms with Gasteiger partial charge in [-0.05, 0) is 24.1 Å². The van der Waals surface area contributed by atoms with Crippen molar-refractivity contribution in [2.24, 2.45) is 0 Å². The molecule has 2 aromatic rings. The molecule has 23 heavy (non-hydrogen) atoms. The number of carbonyl (C=O) groups excluding carboxylic acids is 1. The Bertz CT molecular complexity index is 656. The zero-order chi connectivity index (χ0) is 16.2. The molecule has 0 unspecified atom stereocenters. The molecule has 122 valence electrons. The number of rotatable bonds is 6. The van der Waals surface area contributed by atoms with Gasteiger partial charge in [-0.2, -0.15) is 4.98 Å². The molecule has 1 amide bonds. The van der Waals surface area contributed by atoms with Gasteiger partial charge in [0, 0.05) is 31.4 Å². The van der Waals surface area contributed by atoms with Crippen LogP contribution in [0.2, 0.25) is 0 Å². The molecule has 1 atom stereocenters. The first-order valence-corrected chi connectivity index (χ1v) is 7.87. The van der Waals surface area contributed by atoms with Crippen molar-refractivity contribution in [1.29, 1.82) is 0 Å². The molecule has 1 N–H and O–H groups in total. The monoisotopic (exact) mass is 315 g/mol. The lowest BCUT2D eigenvalue weighted by Gasteiger charge is -2.21. The number of aromatic nitrogens is 3. The fourth-order valence-corrected chi connectivity index (χ4v) is 2.64. The van der Waals surface area contributed by atoms with Crippen molar-refractivity contribution in [3.63, 3.8) is 0 Å². The Hall–Kier alpha value is -2.28. The van der Waals surface area contributed by atoms with Gasteiger partial charge in [0.2, 0.25) is 11.8 Å². The Morgan fingerprint density at radius 3 is 2.91 bits per heavy atom. The third kappa shape index (κ3) is 3.73. The predicted molar refractivity (Wildman–Crippen MR) is 83.0 cm³/mol. The van der Waals surface area contributed by atoms with E-state index < -0.39 is 0 Å². The highest BCUT2D eigenvalue weighted by Crippen LogP contribution is 2.33. The first-order chi connectivity index (χ1) is 11.1. The van der Waals surface area contributed by atoms with E-state index in [9.17, 15) is 4.79 Å². The number of nitrogens with one attached hydrogen (secondary N) is 1. The van der Waals surface area contributed by atoms with E-state index in [1.807, 2.05) is 17.0 Å². The summed E-state index contributed by atoms with van der Waals surface area (Å²) < 4.78 is 5.39. The molecular weight excluding hydrogens is 294 g/mol. The maximum atomic E-state index is 12.2. The smallest absolute Gasteiger partial charge is 0.249 e. The molecule has 0 aliphatic carbocycles. The highest BCUT2D eigenvalue weighted by Gasteiger charge is 2.35. The minimum Gasteiger partial charge on any atom is -0.337 e. The van der Waals surface area contributed by atoms with Crippen LogP contribution >= 0.6 is 0 Å². The summed E-state index contributed by atoms with van der Waals surface area (Å²) in [4.78, 5) is 22.4. The number of carbonyl (C=O) groups is 1. The Labute approximate surface area is 135 Å². The molecule has 1 saturated heterocycles. The SMILES string of the molecule is CC(C)NCc1noc([C@@H]2CCC(=O)N2Cc2ccncc2)n1. The Balaban J connectivity index is 1.72. The number of pyridine rings is 1. The van der Waals surface area contributed by atoms with Crippen molar-refractivity contribution in [2.75, 3.05) is 0 Å². The van der Waals surface area contributed by atoms with Gasteiger partial charge < -0.3 is 14.7 Å². The van der Waals surface area contributed by atoms with Crippen LogP contribution in [-0.2, 0) is 17.9 Å². The lowest BCUT2D eigenvalue weighted by atomic mass is 10.2. The van der Waals surface area contributed by atoms with Crippen molar-refractivity contribution < 1.29 is 9.32 Å². The molecule has 7 heteroatoms. The summed E-state index contributed by atoms with van der Waals surface area (Å²) in [5.41, 5.74) is 1.04. The van der Waals surface area contributed by atoms with Crippen molar-refractivity contribution in [3.05, 3.63) is 41.8 Å². The molecular formula is C16H21N5O2. The van der Waals surface area contributed by atoms with Crippen molar-refractivity contribution in [3.8, 4) is 0 Å². The van der Waals surface area contributed by atoms with E-state index in [1.54, 1.807) is 12.4 Å². The van der Waals surface area contributed by atoms with Crippen LogP contribution in [0.25, 0.3) is 0 Å². The van der Waals surface area contributed by atoms with Gasteiger partial charge in [0.1, 0.15) is 6.04 Å². The second-order valence-electron chi connectivity index (χ2n) is 6.02. The third-order valence-electron chi connectivity index (χ3n) is 3.87. The number of nitrogens with zero attached hydrogens (tertiary/aromatic N) is 4. The first kappa shape index (κ1) is 15.6. The van der Waals surface area contributed by atoms with E-state index in [0.717, 1.165) is 5.56 Å². The highest BCUT2D eigenvalue weighted by molar-refractivity contribution is 5.78. The molecule has 1 aliphatic heterocycles. The zero-order valence-electron chi connectivity index (χ0n) is 13.4. The summed E-state index contributed by atoms with van der Waals surface area (Å²) in [6.07, 6.45) is 4.68. The van der Waals surface area contributed by atoms with Gasteiger partial charge >= 0.3 is 0 Å². The summed E-state index contributed by atoms with van der Waals surface area (Å²) in [6.45, 7) is 5.22. The average molecular weight is 315 g/mol. The quantitative estimate of drug-likeness (QED) is 0.875. The van der Waals surface area contributed by atoms with Crippen LogP contribution in [0.1, 0.15) is 50.0 Å². The van der Waals surface area contributed by atoms with Crippen LogP contribution in [0.5, 0.6) is 0 Å². The van der Waals surface area contributed by atoms with Crippen molar-refractivity contribution in [2.45, 2.75) is 51.9 Å². The highest BCUT2D eigenvalue weighted by atomic mass is 16.5. The maximum absolute atomic E-state index is 12.2. The minimum absolute atomic E-state index is 0.117. The third-order valence-corrected chi connectivity index (χ3v) is 3.87. The zero-order valence-corrected chi connectivity index (χ0v) is 13.4. The van der Waals surface area contributed by atoms with Crippen LogP contribution in [0, 0.1) is 0 Å². The molecule has 2 aromatic heterocycles. The minimum atomic E-state index is -0.143. The van der Waals surface area contributed by atoms with Gasteiger partial charge in [0.15, 0.2) is 5.82 Å². The van der Waals surface area contributed by atoms with E-state index in [2.05, 4.69) is 34.3 Å². The number of hydrogen-bond acceptors (Lipinski definition) is 6. The molecule has 0 bridgehead atoms. The summed E-state index contributed by atoms with van der Waals surface area (Å²) in [5.74, 6) is 1.26.